The van der Waals surface area contributed by atoms with E-state index >= 15 is 0 Å². The quantitative estimate of drug-likeness (QED) is 0.582. The van der Waals surface area contributed by atoms with Gasteiger partial charge in [0.1, 0.15) is 0 Å². The predicted octanol–water partition coefficient (Wildman–Crippen LogP) is 4.23. The van der Waals surface area contributed by atoms with Crippen LogP contribution < -0.4 is 5.32 Å². The van der Waals surface area contributed by atoms with E-state index in [9.17, 15) is 4.39 Å². The minimum absolute atomic E-state index is 0.0401. The Kier molecular flexibility index (Phi) is 9.32. The van der Waals surface area contributed by atoms with E-state index in [2.05, 4.69) is 30.7 Å². The Labute approximate surface area is 112 Å². The highest BCUT2D eigenvalue weighted by atomic mass is 19.1. The van der Waals surface area contributed by atoms with Gasteiger partial charge in [0.25, 0.3) is 0 Å². The van der Waals surface area contributed by atoms with Crippen LogP contribution >= 0.6 is 0 Å². The molecule has 0 bridgehead atoms. The number of rotatable bonds is 4. The zero-order chi connectivity index (χ0) is 13.9. The average Bonchev–Trinajstić information content (AvgIpc) is 2.36. The van der Waals surface area contributed by atoms with Crippen LogP contribution in [-0.2, 0) is 0 Å². The lowest BCUT2D eigenvalue weighted by Gasteiger charge is -2.33. The summed E-state index contributed by atoms with van der Waals surface area (Å²) in [6.07, 6.45) is 14.2. The molecule has 1 aliphatic rings. The Morgan fingerprint density at radius 2 is 1.94 bits per heavy atom. The number of halogens is 1. The monoisotopic (exact) mass is 251 g/mol. The van der Waals surface area contributed by atoms with E-state index in [4.69, 9.17) is 0 Å². The molecule has 0 radical (unpaired) electrons. The van der Waals surface area contributed by atoms with Crippen molar-refractivity contribution in [3.05, 3.63) is 24.1 Å². The molecule has 1 aliphatic heterocycles. The number of hydrogen-bond donors (Lipinski definition) is 1. The van der Waals surface area contributed by atoms with Crippen LogP contribution in [0.5, 0.6) is 0 Å². The van der Waals surface area contributed by atoms with Gasteiger partial charge in [0.05, 0.1) is 5.83 Å². The van der Waals surface area contributed by atoms with E-state index in [0.717, 1.165) is 19.5 Å². The molecule has 102 valence electrons. The third-order valence-electron chi connectivity index (χ3n) is 3.21. The Morgan fingerprint density at radius 1 is 1.39 bits per heavy atom. The molecule has 2 heteroatoms. The van der Waals surface area contributed by atoms with Crippen molar-refractivity contribution in [3.63, 3.8) is 0 Å². The first-order valence-electron chi connectivity index (χ1n) is 6.61. The van der Waals surface area contributed by atoms with Gasteiger partial charge in [0.2, 0.25) is 0 Å². The molecule has 1 N–H and O–H groups in total. The Morgan fingerprint density at radius 3 is 2.44 bits per heavy atom. The van der Waals surface area contributed by atoms with Crippen molar-refractivity contribution in [1.82, 2.24) is 5.32 Å². The molecule has 0 saturated carbocycles. The highest BCUT2D eigenvalue weighted by Gasteiger charge is 2.24. The minimum Gasteiger partial charge on any atom is -0.317 e. The molecule has 0 spiro atoms. The Balaban J connectivity index is 0.000000873. The lowest BCUT2D eigenvalue weighted by molar-refractivity contribution is 0.233. The van der Waals surface area contributed by atoms with E-state index in [0.29, 0.717) is 11.8 Å². The molecule has 0 aromatic rings. The predicted molar refractivity (Wildman–Crippen MR) is 78.0 cm³/mol. The summed E-state index contributed by atoms with van der Waals surface area (Å²) in [5.74, 6) is 2.21. The number of terminal acetylenes is 1. The largest absolute Gasteiger partial charge is 0.317 e. The first kappa shape index (κ1) is 16.9. The summed E-state index contributed by atoms with van der Waals surface area (Å²) in [7, 11) is 0. The molecule has 1 nitrogen and oxygen atoms in total. The third kappa shape index (κ3) is 8.08. The van der Waals surface area contributed by atoms with Crippen LogP contribution in [0.4, 0.5) is 4.39 Å². The fourth-order valence-corrected chi connectivity index (χ4v) is 1.92. The second kappa shape index (κ2) is 9.91. The molecule has 1 saturated heterocycles. The summed E-state index contributed by atoms with van der Waals surface area (Å²) in [5, 5.41) is 3.36. The number of nitrogens with one attached hydrogen (secondary N) is 1. The van der Waals surface area contributed by atoms with Crippen LogP contribution in [0.3, 0.4) is 0 Å². The molecule has 0 atom stereocenters. The van der Waals surface area contributed by atoms with Gasteiger partial charge >= 0.3 is 0 Å². The van der Waals surface area contributed by atoms with Crippen molar-refractivity contribution < 1.29 is 4.39 Å². The fraction of sp³-hybridized carbons (Fsp3) is 0.625. The number of piperidine rings is 1. The van der Waals surface area contributed by atoms with Gasteiger partial charge in [0, 0.05) is 6.42 Å². The number of hydrogen-bond acceptors (Lipinski definition) is 1. The summed E-state index contributed by atoms with van der Waals surface area (Å²) < 4.78 is 12.8. The van der Waals surface area contributed by atoms with Crippen LogP contribution in [0.15, 0.2) is 24.1 Å². The lowest BCUT2D eigenvalue weighted by Crippen LogP contribution is -2.34. The van der Waals surface area contributed by atoms with Crippen LogP contribution in [0, 0.1) is 17.8 Å². The molecular formula is C16H26FN. The van der Waals surface area contributed by atoms with Gasteiger partial charge < -0.3 is 5.32 Å². The summed E-state index contributed by atoms with van der Waals surface area (Å²) in [6, 6.07) is 0. The Hall–Kier alpha value is -1.07. The molecule has 0 unspecified atom stereocenters. The maximum absolute atomic E-state index is 12.8. The van der Waals surface area contributed by atoms with Gasteiger partial charge in [-0.05, 0) is 51.6 Å². The summed E-state index contributed by atoms with van der Waals surface area (Å²) in [6.45, 7) is 7.95. The summed E-state index contributed by atoms with van der Waals surface area (Å²) in [5.41, 5.74) is 0.425. The van der Waals surface area contributed by atoms with Gasteiger partial charge in [-0.25, -0.2) is 4.39 Å². The van der Waals surface area contributed by atoms with Gasteiger partial charge in [-0.1, -0.05) is 25.2 Å². The smallest absolute Gasteiger partial charge is 0.0994 e. The molecule has 0 aliphatic carbocycles. The maximum Gasteiger partial charge on any atom is 0.0994 e. The third-order valence-corrected chi connectivity index (χ3v) is 3.21. The summed E-state index contributed by atoms with van der Waals surface area (Å²) in [4.78, 5) is 0. The zero-order valence-corrected chi connectivity index (χ0v) is 11.9. The molecule has 0 amide bonds. The highest BCUT2D eigenvalue weighted by molar-refractivity contribution is 5.00. The van der Waals surface area contributed by atoms with Gasteiger partial charge in [-0.2, -0.15) is 0 Å². The topological polar surface area (TPSA) is 12.0 Å². The van der Waals surface area contributed by atoms with Gasteiger partial charge in [-0.3, -0.25) is 0 Å². The zero-order valence-electron chi connectivity index (χ0n) is 11.9. The molecular weight excluding hydrogens is 225 g/mol. The number of allylic oxidation sites excluding steroid dienone is 4. The van der Waals surface area contributed by atoms with Crippen molar-refractivity contribution in [2.45, 2.75) is 46.5 Å². The fourth-order valence-electron chi connectivity index (χ4n) is 1.92. The maximum atomic E-state index is 12.8. The van der Waals surface area contributed by atoms with Crippen LogP contribution in [0.25, 0.3) is 0 Å². The van der Waals surface area contributed by atoms with Gasteiger partial charge in [0.15, 0.2) is 0 Å². The van der Waals surface area contributed by atoms with Crippen LogP contribution in [0.1, 0.15) is 46.5 Å². The molecule has 1 heterocycles. The van der Waals surface area contributed by atoms with Gasteiger partial charge in [-0.15, -0.1) is 12.3 Å². The SMILES string of the molecule is C#CC.C/C=C(/F)C/C=C\CC1(C)CCNCC1. The first-order chi connectivity index (χ1) is 8.58. The van der Waals surface area contributed by atoms with Crippen molar-refractivity contribution in [2.24, 2.45) is 5.41 Å². The minimum atomic E-state index is -0.0401. The molecule has 0 aromatic carbocycles. The van der Waals surface area contributed by atoms with Crippen molar-refractivity contribution in [1.29, 1.82) is 0 Å². The van der Waals surface area contributed by atoms with E-state index in [1.54, 1.807) is 13.8 Å². The summed E-state index contributed by atoms with van der Waals surface area (Å²) >= 11 is 0. The normalized spacial score (nSPS) is 18.9. The van der Waals surface area contributed by atoms with Crippen molar-refractivity contribution in [2.75, 3.05) is 13.1 Å². The van der Waals surface area contributed by atoms with E-state index in [1.807, 2.05) is 6.08 Å². The van der Waals surface area contributed by atoms with E-state index < -0.39 is 0 Å². The highest BCUT2D eigenvalue weighted by Crippen LogP contribution is 2.32. The molecule has 1 rings (SSSR count). The van der Waals surface area contributed by atoms with Crippen LogP contribution in [0.2, 0.25) is 0 Å². The standard InChI is InChI=1S/C13H22FN.C3H4/c1-3-12(14)6-4-5-7-13(2)8-10-15-11-9-13;1-3-2/h3-5,15H,6-11H2,1-2H3;1H,2H3/b5-4-,12-3+;. The molecule has 18 heavy (non-hydrogen) atoms. The van der Waals surface area contributed by atoms with Crippen molar-refractivity contribution >= 4 is 0 Å². The Bertz CT molecular complexity index is 304. The first-order valence-corrected chi connectivity index (χ1v) is 6.61. The molecule has 1 fully saturated rings. The molecule has 0 aromatic heterocycles. The van der Waals surface area contributed by atoms with Crippen molar-refractivity contribution in [3.8, 4) is 12.3 Å². The van der Waals surface area contributed by atoms with E-state index in [-0.39, 0.29) is 5.83 Å². The van der Waals surface area contributed by atoms with Crippen LogP contribution in [-0.4, -0.2) is 13.1 Å². The average molecular weight is 251 g/mol. The lowest BCUT2D eigenvalue weighted by atomic mass is 9.78. The second-order valence-corrected chi connectivity index (χ2v) is 4.96. The van der Waals surface area contributed by atoms with E-state index in [1.165, 1.54) is 18.9 Å². The second-order valence-electron chi connectivity index (χ2n) is 4.96.